The van der Waals surface area contributed by atoms with Gasteiger partial charge in [-0.1, -0.05) is 6.07 Å². The maximum atomic E-state index is 13.3. The van der Waals surface area contributed by atoms with E-state index in [-0.39, 0.29) is 11.7 Å². The lowest BCUT2D eigenvalue weighted by molar-refractivity contribution is 0.0954. The van der Waals surface area contributed by atoms with Crippen molar-refractivity contribution in [2.24, 2.45) is 0 Å². The molecule has 3 heterocycles. The van der Waals surface area contributed by atoms with Crippen molar-refractivity contribution in [3.63, 3.8) is 0 Å². The van der Waals surface area contributed by atoms with E-state index >= 15 is 0 Å². The van der Waals surface area contributed by atoms with Gasteiger partial charge in [0.15, 0.2) is 5.82 Å². The number of aromatic nitrogens is 3. The molecule has 1 amide bonds. The number of thiophene rings is 1. The lowest BCUT2D eigenvalue weighted by Crippen LogP contribution is -2.26. The molecule has 0 aliphatic rings. The van der Waals surface area contributed by atoms with Crippen LogP contribution in [0.2, 0.25) is 0 Å². The molecule has 1 N–H and O–H groups in total. The number of amides is 1. The van der Waals surface area contributed by atoms with Crippen molar-refractivity contribution in [1.29, 1.82) is 0 Å². The van der Waals surface area contributed by atoms with Crippen LogP contribution in [-0.4, -0.2) is 26.8 Å². The second-order valence-electron chi connectivity index (χ2n) is 5.95. The fourth-order valence-electron chi connectivity index (χ4n) is 2.85. The predicted molar refractivity (Wildman–Crippen MR) is 103 cm³/mol. The largest absolute Gasteiger partial charge is 0.352 e. The molecule has 5 nitrogen and oxygen atoms in total. The highest BCUT2D eigenvalue weighted by Gasteiger charge is 2.19. The van der Waals surface area contributed by atoms with Crippen molar-refractivity contribution in [2.45, 2.75) is 6.42 Å². The third kappa shape index (κ3) is 3.68. The summed E-state index contributed by atoms with van der Waals surface area (Å²) in [5.74, 6) is 0.101. The first-order chi connectivity index (χ1) is 13.2. The fraction of sp³-hybridized carbons (Fsp3) is 0.100. The summed E-state index contributed by atoms with van der Waals surface area (Å²) in [6.45, 7) is 0.548. The standard InChI is InChI=1S/C20H17FN4OS/c21-15-5-7-16(8-6-15)25-20(24-11-1-2-12-24)18(14-23-25)19(26)22-10-9-17-4-3-13-27-17/h1-8,11-14H,9-10H2,(H,22,26). The van der Waals surface area contributed by atoms with Crippen LogP contribution in [-0.2, 0) is 6.42 Å². The van der Waals surface area contributed by atoms with Gasteiger partial charge in [-0.15, -0.1) is 11.3 Å². The van der Waals surface area contributed by atoms with E-state index in [9.17, 15) is 9.18 Å². The molecule has 0 saturated heterocycles. The third-order valence-corrected chi connectivity index (χ3v) is 5.08. The molecule has 3 aromatic heterocycles. The summed E-state index contributed by atoms with van der Waals surface area (Å²) in [5.41, 5.74) is 1.14. The molecule has 7 heteroatoms. The third-order valence-electron chi connectivity index (χ3n) is 4.15. The Labute approximate surface area is 159 Å². The molecule has 0 bridgehead atoms. The number of rotatable bonds is 6. The summed E-state index contributed by atoms with van der Waals surface area (Å²) in [6, 6.07) is 13.8. The average molecular weight is 380 g/mol. The smallest absolute Gasteiger partial charge is 0.256 e. The van der Waals surface area contributed by atoms with Gasteiger partial charge in [0.25, 0.3) is 5.91 Å². The van der Waals surface area contributed by atoms with Crippen LogP contribution in [0.25, 0.3) is 11.5 Å². The van der Waals surface area contributed by atoms with Crippen LogP contribution in [0.1, 0.15) is 15.2 Å². The zero-order valence-corrected chi connectivity index (χ0v) is 15.2. The molecule has 0 atom stereocenters. The minimum absolute atomic E-state index is 0.191. The van der Waals surface area contributed by atoms with Crippen LogP contribution in [0.15, 0.2) is 72.5 Å². The number of hydrogen-bond acceptors (Lipinski definition) is 3. The lowest BCUT2D eigenvalue weighted by atomic mass is 10.2. The van der Waals surface area contributed by atoms with E-state index in [1.54, 1.807) is 34.3 Å². The molecule has 0 spiro atoms. The molecule has 0 fully saturated rings. The quantitative estimate of drug-likeness (QED) is 0.553. The number of benzene rings is 1. The maximum Gasteiger partial charge on any atom is 0.256 e. The summed E-state index contributed by atoms with van der Waals surface area (Å²) in [6.07, 6.45) is 6.02. The zero-order chi connectivity index (χ0) is 18.6. The Morgan fingerprint density at radius 1 is 1.11 bits per heavy atom. The first kappa shape index (κ1) is 17.2. The van der Waals surface area contributed by atoms with Gasteiger partial charge in [0, 0.05) is 23.8 Å². The second-order valence-corrected chi connectivity index (χ2v) is 6.98. The van der Waals surface area contributed by atoms with E-state index in [1.165, 1.54) is 17.0 Å². The van der Waals surface area contributed by atoms with E-state index < -0.39 is 0 Å². The summed E-state index contributed by atoms with van der Waals surface area (Å²) in [5, 5.41) is 9.34. The first-order valence-corrected chi connectivity index (χ1v) is 9.38. The summed E-state index contributed by atoms with van der Waals surface area (Å²) in [7, 11) is 0. The zero-order valence-electron chi connectivity index (χ0n) is 14.4. The molecular formula is C20H17FN4OS. The highest BCUT2D eigenvalue weighted by molar-refractivity contribution is 7.09. The van der Waals surface area contributed by atoms with E-state index in [1.807, 2.05) is 40.5 Å². The molecule has 0 radical (unpaired) electrons. The van der Waals surface area contributed by atoms with Crippen LogP contribution in [0.3, 0.4) is 0 Å². The first-order valence-electron chi connectivity index (χ1n) is 8.50. The van der Waals surface area contributed by atoms with Crippen LogP contribution in [0.4, 0.5) is 4.39 Å². The number of nitrogens with one attached hydrogen (secondary N) is 1. The Balaban J connectivity index is 1.62. The van der Waals surface area contributed by atoms with Gasteiger partial charge in [0.1, 0.15) is 11.4 Å². The molecular weight excluding hydrogens is 363 g/mol. The molecule has 4 aromatic rings. The molecule has 0 aliphatic heterocycles. The summed E-state index contributed by atoms with van der Waals surface area (Å²) in [4.78, 5) is 14.0. The Bertz CT molecular complexity index is 1020. The van der Waals surface area contributed by atoms with E-state index in [2.05, 4.69) is 16.5 Å². The van der Waals surface area contributed by atoms with Crippen molar-refractivity contribution in [3.8, 4) is 11.5 Å². The highest BCUT2D eigenvalue weighted by atomic mass is 32.1. The minimum Gasteiger partial charge on any atom is -0.352 e. The molecule has 0 aliphatic carbocycles. The number of carbonyl (C=O) groups excluding carboxylic acids is 1. The monoisotopic (exact) mass is 380 g/mol. The second kappa shape index (κ2) is 7.59. The number of carbonyl (C=O) groups is 1. The maximum absolute atomic E-state index is 13.3. The molecule has 136 valence electrons. The number of hydrogen-bond donors (Lipinski definition) is 1. The van der Waals surface area contributed by atoms with Gasteiger partial charge in [0.05, 0.1) is 11.9 Å². The molecule has 0 saturated carbocycles. The Morgan fingerprint density at radius 2 is 1.89 bits per heavy atom. The SMILES string of the molecule is O=C(NCCc1cccs1)c1cnn(-c2ccc(F)cc2)c1-n1cccc1. The molecule has 27 heavy (non-hydrogen) atoms. The van der Waals surface area contributed by atoms with Crippen molar-refractivity contribution < 1.29 is 9.18 Å². The van der Waals surface area contributed by atoms with Gasteiger partial charge in [0.2, 0.25) is 0 Å². The van der Waals surface area contributed by atoms with Crippen molar-refractivity contribution in [1.82, 2.24) is 19.7 Å². The topological polar surface area (TPSA) is 51.9 Å². The van der Waals surface area contributed by atoms with Crippen molar-refractivity contribution in [2.75, 3.05) is 6.54 Å². The number of halogens is 1. The van der Waals surface area contributed by atoms with Crippen LogP contribution < -0.4 is 5.32 Å². The molecule has 0 unspecified atom stereocenters. The lowest BCUT2D eigenvalue weighted by Gasteiger charge is -2.11. The fourth-order valence-corrected chi connectivity index (χ4v) is 3.56. The van der Waals surface area contributed by atoms with Gasteiger partial charge < -0.3 is 9.88 Å². The normalized spacial score (nSPS) is 10.9. The molecule has 1 aromatic carbocycles. The van der Waals surface area contributed by atoms with E-state index in [0.717, 1.165) is 6.42 Å². The minimum atomic E-state index is -0.319. The van der Waals surface area contributed by atoms with Gasteiger partial charge in [-0.25, -0.2) is 9.07 Å². The Kier molecular flexibility index (Phi) is 4.84. The van der Waals surface area contributed by atoms with Crippen LogP contribution in [0.5, 0.6) is 0 Å². The van der Waals surface area contributed by atoms with E-state index in [4.69, 9.17) is 0 Å². The van der Waals surface area contributed by atoms with Crippen molar-refractivity contribution >= 4 is 17.2 Å². The Morgan fingerprint density at radius 3 is 2.59 bits per heavy atom. The van der Waals surface area contributed by atoms with Gasteiger partial charge in [-0.3, -0.25) is 4.79 Å². The average Bonchev–Trinajstić information content (AvgIpc) is 3.43. The van der Waals surface area contributed by atoms with Crippen LogP contribution >= 0.6 is 11.3 Å². The van der Waals surface area contributed by atoms with Gasteiger partial charge in [-0.05, 0) is 54.3 Å². The molecule has 4 rings (SSSR count). The van der Waals surface area contributed by atoms with Crippen LogP contribution in [0, 0.1) is 5.82 Å². The number of nitrogens with zero attached hydrogens (tertiary/aromatic N) is 3. The van der Waals surface area contributed by atoms with Crippen molar-refractivity contribution in [3.05, 3.63) is 88.8 Å². The van der Waals surface area contributed by atoms with Gasteiger partial charge in [-0.2, -0.15) is 5.10 Å². The van der Waals surface area contributed by atoms with E-state index in [0.29, 0.717) is 23.6 Å². The van der Waals surface area contributed by atoms with Gasteiger partial charge >= 0.3 is 0 Å². The summed E-state index contributed by atoms with van der Waals surface area (Å²) < 4.78 is 16.7. The predicted octanol–water partition coefficient (Wildman–Crippen LogP) is 3.84. The highest BCUT2D eigenvalue weighted by Crippen LogP contribution is 2.20. The summed E-state index contributed by atoms with van der Waals surface area (Å²) >= 11 is 1.67. The Hall–Kier alpha value is -3.19.